The van der Waals surface area contributed by atoms with Crippen LogP contribution in [0.15, 0.2) is 91.0 Å². The standard InChI is InChI=1S/C30H19F4N3/c31-27-12-8-20(29(33)35-27)14-18-6-10-25-23(16-18)24-17-19(15-21-9-13-28(32)36-30(21)34)7-11-26(24)37(25)22-4-2-1-3-5-22/h1-13,16-17H,14-15H2. The van der Waals surface area contributed by atoms with Crippen molar-refractivity contribution in [2.24, 2.45) is 0 Å². The molecule has 0 spiro atoms. The van der Waals surface area contributed by atoms with Crippen molar-refractivity contribution < 1.29 is 17.6 Å². The van der Waals surface area contributed by atoms with Crippen LogP contribution in [0.2, 0.25) is 0 Å². The van der Waals surface area contributed by atoms with Crippen molar-refractivity contribution in [1.29, 1.82) is 0 Å². The predicted molar refractivity (Wildman–Crippen MR) is 135 cm³/mol. The summed E-state index contributed by atoms with van der Waals surface area (Å²) >= 11 is 0. The number of aromatic nitrogens is 3. The summed E-state index contributed by atoms with van der Waals surface area (Å²) in [6, 6.07) is 26.8. The van der Waals surface area contributed by atoms with E-state index in [1.54, 1.807) is 0 Å². The van der Waals surface area contributed by atoms with Crippen LogP contribution in [-0.2, 0) is 12.8 Å². The molecule has 0 amide bonds. The van der Waals surface area contributed by atoms with Crippen LogP contribution in [0.25, 0.3) is 27.5 Å². The maximum Gasteiger partial charge on any atom is 0.219 e. The van der Waals surface area contributed by atoms with Gasteiger partial charge >= 0.3 is 0 Å². The van der Waals surface area contributed by atoms with Gasteiger partial charge in [-0.3, -0.25) is 0 Å². The third kappa shape index (κ3) is 4.33. The lowest BCUT2D eigenvalue weighted by molar-refractivity contribution is 0.504. The van der Waals surface area contributed by atoms with Gasteiger partial charge in [0, 0.05) is 40.4 Å². The van der Waals surface area contributed by atoms with Crippen LogP contribution in [0.4, 0.5) is 17.6 Å². The van der Waals surface area contributed by atoms with Crippen LogP contribution < -0.4 is 0 Å². The van der Waals surface area contributed by atoms with Crippen LogP contribution in [0.5, 0.6) is 0 Å². The predicted octanol–water partition coefficient (Wildman–Crippen LogP) is 7.31. The molecule has 3 heterocycles. The zero-order valence-corrected chi connectivity index (χ0v) is 19.4. The van der Waals surface area contributed by atoms with E-state index in [0.29, 0.717) is 11.1 Å². The minimum absolute atomic E-state index is 0.249. The topological polar surface area (TPSA) is 30.7 Å². The molecule has 0 aliphatic heterocycles. The van der Waals surface area contributed by atoms with Gasteiger partial charge in [0.2, 0.25) is 23.8 Å². The van der Waals surface area contributed by atoms with Crippen LogP contribution >= 0.6 is 0 Å². The fourth-order valence-electron chi connectivity index (χ4n) is 4.78. The summed E-state index contributed by atoms with van der Waals surface area (Å²) in [7, 11) is 0. The van der Waals surface area contributed by atoms with Crippen LogP contribution in [-0.4, -0.2) is 14.5 Å². The Morgan fingerprint density at radius 1 is 0.541 bits per heavy atom. The van der Waals surface area contributed by atoms with Gasteiger partial charge in [-0.15, -0.1) is 0 Å². The molecule has 0 fully saturated rings. The van der Waals surface area contributed by atoms with Crippen molar-refractivity contribution in [2.45, 2.75) is 12.8 Å². The number of hydrogen-bond donors (Lipinski definition) is 0. The van der Waals surface area contributed by atoms with E-state index in [2.05, 4.69) is 14.5 Å². The molecule has 0 bridgehead atoms. The highest BCUT2D eigenvalue weighted by Gasteiger charge is 2.15. The van der Waals surface area contributed by atoms with Crippen molar-refractivity contribution in [3.8, 4) is 5.69 Å². The van der Waals surface area contributed by atoms with E-state index in [0.717, 1.165) is 50.8 Å². The molecule has 3 aromatic heterocycles. The van der Waals surface area contributed by atoms with Gasteiger partial charge in [0.1, 0.15) is 0 Å². The van der Waals surface area contributed by atoms with E-state index < -0.39 is 23.8 Å². The molecule has 0 radical (unpaired) electrons. The SMILES string of the molecule is Fc1ccc(Cc2ccc3c(c2)c2cc(Cc4ccc(F)nc4F)ccc2n3-c2ccccc2)c(F)n1. The number of benzene rings is 3. The fourth-order valence-corrected chi connectivity index (χ4v) is 4.78. The fraction of sp³-hybridized carbons (Fsp3) is 0.0667. The first-order valence-electron chi connectivity index (χ1n) is 11.7. The zero-order chi connectivity index (χ0) is 25.5. The summed E-state index contributed by atoms with van der Waals surface area (Å²) in [4.78, 5) is 6.59. The molecule has 0 unspecified atom stereocenters. The molecule has 3 aromatic carbocycles. The molecule has 0 N–H and O–H groups in total. The third-order valence-electron chi connectivity index (χ3n) is 6.48. The van der Waals surface area contributed by atoms with E-state index in [1.807, 2.05) is 66.7 Å². The summed E-state index contributed by atoms with van der Waals surface area (Å²) in [6.45, 7) is 0. The number of para-hydroxylation sites is 1. The van der Waals surface area contributed by atoms with Crippen LogP contribution in [0, 0.1) is 23.8 Å². The summed E-state index contributed by atoms with van der Waals surface area (Å²) in [5.74, 6) is -3.38. The van der Waals surface area contributed by atoms with E-state index >= 15 is 0 Å². The molecular weight excluding hydrogens is 478 g/mol. The zero-order valence-electron chi connectivity index (χ0n) is 19.4. The lowest BCUT2D eigenvalue weighted by atomic mass is 10.0. The van der Waals surface area contributed by atoms with Crippen LogP contribution in [0.3, 0.4) is 0 Å². The molecule has 0 saturated carbocycles. The highest BCUT2D eigenvalue weighted by molar-refractivity contribution is 6.09. The van der Waals surface area contributed by atoms with Crippen molar-refractivity contribution in [3.05, 3.63) is 137 Å². The Labute approximate surface area is 209 Å². The third-order valence-corrected chi connectivity index (χ3v) is 6.48. The molecule has 0 atom stereocenters. The number of nitrogens with zero attached hydrogens (tertiary/aromatic N) is 3. The monoisotopic (exact) mass is 497 g/mol. The second kappa shape index (κ2) is 9.17. The molecule has 0 aliphatic carbocycles. The Kier molecular flexibility index (Phi) is 5.68. The molecule has 37 heavy (non-hydrogen) atoms. The Morgan fingerprint density at radius 3 is 1.49 bits per heavy atom. The first-order valence-corrected chi connectivity index (χ1v) is 11.7. The summed E-state index contributed by atoms with van der Waals surface area (Å²) in [5, 5.41) is 1.87. The molecule has 182 valence electrons. The van der Waals surface area contributed by atoms with Gasteiger partial charge < -0.3 is 4.57 Å². The van der Waals surface area contributed by atoms with E-state index in [1.165, 1.54) is 12.1 Å². The molecule has 3 nitrogen and oxygen atoms in total. The van der Waals surface area contributed by atoms with Crippen molar-refractivity contribution in [1.82, 2.24) is 14.5 Å². The minimum Gasteiger partial charge on any atom is -0.309 e. The van der Waals surface area contributed by atoms with Gasteiger partial charge in [0.05, 0.1) is 11.0 Å². The Morgan fingerprint density at radius 2 is 1.03 bits per heavy atom. The van der Waals surface area contributed by atoms with Gasteiger partial charge in [0.25, 0.3) is 0 Å². The molecule has 0 saturated heterocycles. The van der Waals surface area contributed by atoms with E-state index in [-0.39, 0.29) is 12.8 Å². The first kappa shape index (κ1) is 22.9. The van der Waals surface area contributed by atoms with Gasteiger partial charge in [-0.2, -0.15) is 27.5 Å². The Hall–Kier alpha value is -4.52. The van der Waals surface area contributed by atoms with Gasteiger partial charge in [-0.05, 0) is 71.8 Å². The minimum atomic E-state index is -0.858. The largest absolute Gasteiger partial charge is 0.309 e. The average Bonchev–Trinajstić information content (AvgIpc) is 3.21. The number of fused-ring (bicyclic) bond motifs is 3. The van der Waals surface area contributed by atoms with Crippen LogP contribution in [0.1, 0.15) is 22.3 Å². The number of pyridine rings is 2. The van der Waals surface area contributed by atoms with E-state index in [9.17, 15) is 17.6 Å². The van der Waals surface area contributed by atoms with Gasteiger partial charge in [0.15, 0.2) is 0 Å². The molecule has 7 heteroatoms. The van der Waals surface area contributed by atoms with Gasteiger partial charge in [-0.25, -0.2) is 0 Å². The van der Waals surface area contributed by atoms with Crippen molar-refractivity contribution in [3.63, 3.8) is 0 Å². The van der Waals surface area contributed by atoms with Crippen molar-refractivity contribution >= 4 is 21.8 Å². The molecule has 6 rings (SSSR count). The number of halogens is 4. The first-order chi connectivity index (χ1) is 18.0. The second-order valence-corrected chi connectivity index (χ2v) is 8.90. The Balaban J connectivity index is 1.50. The molecule has 6 aromatic rings. The average molecular weight is 497 g/mol. The summed E-state index contributed by atoms with van der Waals surface area (Å²) < 4.78 is 57.1. The highest BCUT2D eigenvalue weighted by Crippen LogP contribution is 2.34. The molecule has 0 aliphatic rings. The lowest BCUT2D eigenvalue weighted by Gasteiger charge is -2.08. The maximum absolute atomic E-state index is 14.2. The number of rotatable bonds is 5. The Bertz CT molecular complexity index is 1670. The smallest absolute Gasteiger partial charge is 0.219 e. The van der Waals surface area contributed by atoms with Gasteiger partial charge in [-0.1, -0.05) is 30.3 Å². The lowest BCUT2D eigenvalue weighted by Crippen LogP contribution is -1.98. The highest BCUT2D eigenvalue weighted by atomic mass is 19.1. The quantitative estimate of drug-likeness (QED) is 0.185. The summed E-state index contributed by atoms with van der Waals surface area (Å²) in [6.07, 6.45) is 0.498. The van der Waals surface area contributed by atoms with E-state index in [4.69, 9.17) is 0 Å². The summed E-state index contributed by atoms with van der Waals surface area (Å²) in [5.41, 5.74) is 5.16. The number of hydrogen-bond acceptors (Lipinski definition) is 2. The second-order valence-electron chi connectivity index (χ2n) is 8.90. The molecular formula is C30H19F4N3. The van der Waals surface area contributed by atoms with Crippen molar-refractivity contribution in [2.75, 3.05) is 0 Å². The normalized spacial score (nSPS) is 11.5. The maximum atomic E-state index is 14.2.